The number of benzene rings is 2. The molecule has 0 aromatic heterocycles. The van der Waals surface area contributed by atoms with Crippen molar-refractivity contribution in [1.82, 2.24) is 0 Å². The number of ketones is 1. The van der Waals surface area contributed by atoms with Crippen LogP contribution >= 0.6 is 0 Å². The number of aromatic hydroxyl groups is 2. The normalized spacial score (nSPS) is 29.5. The monoisotopic (exact) mass is 536 g/mol. The molecule has 0 saturated carbocycles. The van der Waals surface area contributed by atoms with Crippen LogP contribution in [0.4, 0.5) is 0 Å². The first-order valence-electron chi connectivity index (χ1n) is 12.1. The molecule has 12 heteroatoms. The van der Waals surface area contributed by atoms with Crippen LogP contribution in [-0.4, -0.2) is 95.7 Å². The van der Waals surface area contributed by atoms with Crippen molar-refractivity contribution < 1.29 is 59.9 Å². The lowest BCUT2D eigenvalue weighted by molar-refractivity contribution is -0.277. The summed E-state index contributed by atoms with van der Waals surface area (Å²) in [5.74, 6) is -1.71. The molecule has 0 bridgehead atoms. The first-order valence-corrected chi connectivity index (χ1v) is 12.1. The number of carbonyl (C=O) groups is 1. The van der Waals surface area contributed by atoms with Crippen molar-refractivity contribution in [2.75, 3.05) is 6.61 Å². The number of phenolic OH excluding ortho intramolecular Hbond substituents is 2. The van der Waals surface area contributed by atoms with Gasteiger partial charge >= 0.3 is 0 Å². The van der Waals surface area contributed by atoms with Gasteiger partial charge in [0.15, 0.2) is 12.2 Å². The molecule has 1 fully saturated rings. The molecule has 12 nitrogen and oxygen atoms in total. The Hall–Kier alpha value is -2.97. The van der Waals surface area contributed by atoms with Gasteiger partial charge in [-0.2, -0.15) is 0 Å². The van der Waals surface area contributed by atoms with E-state index in [4.69, 9.17) is 14.2 Å². The minimum atomic E-state index is -1.75. The van der Waals surface area contributed by atoms with E-state index in [0.717, 1.165) is 6.07 Å². The first kappa shape index (κ1) is 28.0. The van der Waals surface area contributed by atoms with Gasteiger partial charge in [0, 0.05) is 11.6 Å². The molecule has 7 atom stereocenters. The molecule has 2 heterocycles. The van der Waals surface area contributed by atoms with Crippen LogP contribution in [0.1, 0.15) is 47.9 Å². The smallest absolute Gasteiger partial charge is 0.229 e. The number of phenols is 2. The number of carbonyl (C=O) groups excluding carboxylic acids is 1. The van der Waals surface area contributed by atoms with Gasteiger partial charge in [0.1, 0.15) is 53.0 Å². The third-order valence-electron chi connectivity index (χ3n) is 6.67. The molecule has 2 aromatic carbocycles. The fraction of sp³-hybridized carbons (Fsp3) is 0.500. The number of ether oxygens (including phenoxy) is 3. The minimum Gasteiger partial charge on any atom is -0.508 e. The molecule has 8 N–H and O–H groups in total. The number of fused-ring (bicyclic) bond motifs is 1. The average molecular weight is 537 g/mol. The fourth-order valence-electron chi connectivity index (χ4n) is 4.48. The van der Waals surface area contributed by atoms with E-state index >= 15 is 0 Å². The molecule has 2 aliphatic heterocycles. The Morgan fingerprint density at radius 1 is 1.00 bits per heavy atom. The first-order chi connectivity index (χ1) is 17.8. The molecule has 208 valence electrons. The zero-order valence-corrected chi connectivity index (χ0v) is 20.8. The van der Waals surface area contributed by atoms with Crippen LogP contribution in [0.15, 0.2) is 30.3 Å². The van der Waals surface area contributed by atoms with Crippen LogP contribution in [0.2, 0.25) is 0 Å². The Morgan fingerprint density at radius 3 is 2.26 bits per heavy atom. The molecule has 0 unspecified atom stereocenters. The summed E-state index contributed by atoms with van der Waals surface area (Å²) in [6.45, 7) is 2.44. The van der Waals surface area contributed by atoms with Crippen molar-refractivity contribution in [3.05, 3.63) is 47.0 Å². The lowest BCUT2D eigenvalue weighted by Crippen LogP contribution is -2.60. The summed E-state index contributed by atoms with van der Waals surface area (Å²) < 4.78 is 17.3. The molecule has 4 rings (SSSR count). The van der Waals surface area contributed by atoms with Gasteiger partial charge in [-0.15, -0.1) is 0 Å². The van der Waals surface area contributed by atoms with E-state index in [9.17, 15) is 45.6 Å². The van der Waals surface area contributed by atoms with Crippen LogP contribution < -0.4 is 9.47 Å². The average Bonchev–Trinajstić information content (AvgIpc) is 2.85. The van der Waals surface area contributed by atoms with E-state index in [-0.39, 0.29) is 41.2 Å². The maximum atomic E-state index is 13.2. The number of aliphatic hydroxyl groups is 6. The van der Waals surface area contributed by atoms with E-state index in [0.29, 0.717) is 5.56 Å². The Kier molecular flexibility index (Phi) is 7.86. The van der Waals surface area contributed by atoms with Gasteiger partial charge in [-0.05, 0) is 44.4 Å². The van der Waals surface area contributed by atoms with Crippen LogP contribution in [0, 0.1) is 0 Å². The van der Waals surface area contributed by atoms with Crippen molar-refractivity contribution in [2.24, 2.45) is 0 Å². The summed E-state index contributed by atoms with van der Waals surface area (Å²) in [6.07, 6.45) is -10.6. The maximum absolute atomic E-state index is 13.2. The number of hydrogen-bond acceptors (Lipinski definition) is 12. The van der Waals surface area contributed by atoms with Crippen molar-refractivity contribution >= 4 is 5.78 Å². The molecular formula is C26H32O12. The van der Waals surface area contributed by atoms with E-state index in [1.807, 2.05) is 0 Å². The Labute approximate surface area is 217 Å². The molecule has 0 amide bonds. The molecule has 38 heavy (non-hydrogen) atoms. The lowest BCUT2D eigenvalue weighted by Gasteiger charge is -2.40. The van der Waals surface area contributed by atoms with Gasteiger partial charge in [0.2, 0.25) is 12.1 Å². The predicted octanol–water partition coefficient (Wildman–Crippen LogP) is -0.343. The van der Waals surface area contributed by atoms with Gasteiger partial charge in [-0.3, -0.25) is 4.79 Å². The minimum absolute atomic E-state index is 0.0375. The largest absolute Gasteiger partial charge is 0.508 e. The Morgan fingerprint density at radius 2 is 1.66 bits per heavy atom. The number of aliphatic hydroxyl groups excluding tert-OH is 5. The van der Waals surface area contributed by atoms with Crippen molar-refractivity contribution in [2.45, 2.75) is 75.2 Å². The summed E-state index contributed by atoms with van der Waals surface area (Å²) in [4.78, 5) is 13.2. The second-order valence-corrected chi connectivity index (χ2v) is 10.1. The van der Waals surface area contributed by atoms with Crippen molar-refractivity contribution in [3.8, 4) is 23.0 Å². The Balaban J connectivity index is 1.79. The van der Waals surface area contributed by atoms with Crippen LogP contribution in [0.3, 0.4) is 0 Å². The van der Waals surface area contributed by atoms with Gasteiger partial charge in [0.05, 0.1) is 12.2 Å². The summed E-state index contributed by atoms with van der Waals surface area (Å²) in [7, 11) is 0. The van der Waals surface area contributed by atoms with Gasteiger partial charge < -0.3 is 55.1 Å². The molecule has 2 aromatic rings. The quantitative estimate of drug-likeness (QED) is 0.229. The fourth-order valence-corrected chi connectivity index (χ4v) is 4.48. The number of hydrogen-bond donors (Lipinski definition) is 8. The third-order valence-corrected chi connectivity index (χ3v) is 6.67. The molecule has 0 aliphatic carbocycles. The highest BCUT2D eigenvalue weighted by atomic mass is 16.7. The van der Waals surface area contributed by atoms with Crippen molar-refractivity contribution in [1.29, 1.82) is 0 Å². The Bertz CT molecular complexity index is 1160. The standard InChI is InChI=1S/C26H32O12/c1-26(2,35)8-7-13-15(36-25-22(34)20(32)18(30)16(10-27)37-25)9-14(29)17-19(31)21(33)23(38-24(13)17)11-3-5-12(28)6-4-11/h3-6,9,16,18,20-23,25,27-30,32-35H,7-8,10H2,1-2H3/t16-,18-,20+,21+,22-,23-,25-/m1/s1. The molecule has 1 saturated heterocycles. The van der Waals surface area contributed by atoms with Gasteiger partial charge in [0.25, 0.3) is 0 Å². The van der Waals surface area contributed by atoms with Crippen LogP contribution in [0.25, 0.3) is 0 Å². The summed E-state index contributed by atoms with van der Waals surface area (Å²) in [6, 6.07) is 6.71. The zero-order chi connectivity index (χ0) is 27.9. The van der Waals surface area contributed by atoms with E-state index < -0.39 is 66.7 Å². The van der Waals surface area contributed by atoms with Gasteiger partial charge in [-0.1, -0.05) is 12.1 Å². The summed E-state index contributed by atoms with van der Waals surface area (Å²) >= 11 is 0. The van der Waals surface area contributed by atoms with E-state index in [2.05, 4.69) is 0 Å². The number of rotatable bonds is 7. The molecule has 2 aliphatic rings. The summed E-state index contributed by atoms with van der Waals surface area (Å²) in [5.41, 5.74) is -0.914. The summed E-state index contributed by atoms with van der Waals surface area (Å²) in [5, 5.41) is 81.6. The van der Waals surface area contributed by atoms with Crippen LogP contribution in [-0.2, 0) is 11.2 Å². The maximum Gasteiger partial charge on any atom is 0.229 e. The van der Waals surface area contributed by atoms with Crippen molar-refractivity contribution in [3.63, 3.8) is 0 Å². The highest BCUT2D eigenvalue weighted by Crippen LogP contribution is 2.47. The highest BCUT2D eigenvalue weighted by Gasteiger charge is 2.46. The van der Waals surface area contributed by atoms with Gasteiger partial charge in [-0.25, -0.2) is 0 Å². The molecule has 0 spiro atoms. The van der Waals surface area contributed by atoms with Crippen LogP contribution in [0.5, 0.6) is 23.0 Å². The second kappa shape index (κ2) is 10.7. The number of Topliss-reactive ketones (excluding diaryl/α,β-unsaturated/α-hetero) is 1. The predicted molar refractivity (Wildman–Crippen MR) is 129 cm³/mol. The zero-order valence-electron chi connectivity index (χ0n) is 20.8. The topological polar surface area (TPSA) is 207 Å². The highest BCUT2D eigenvalue weighted by molar-refractivity contribution is 6.06. The molecule has 0 radical (unpaired) electrons. The molecular weight excluding hydrogens is 504 g/mol. The lowest BCUT2D eigenvalue weighted by atomic mass is 9.89. The SMILES string of the molecule is CC(C)(O)CCc1c(O[C@@H]2O[C@H](CO)[C@@H](O)[C@H](O)[C@H]2O)cc(O)c2c1O[C@H](c1ccc(O)cc1)[C@@H](O)C2=O. The van der Waals surface area contributed by atoms with E-state index in [1.54, 1.807) is 13.8 Å². The third kappa shape index (κ3) is 5.43. The second-order valence-electron chi connectivity index (χ2n) is 10.1. The van der Waals surface area contributed by atoms with E-state index in [1.165, 1.54) is 24.3 Å².